The zero-order valence-electron chi connectivity index (χ0n) is 6.14. The topological polar surface area (TPSA) is 54.6 Å². The summed E-state index contributed by atoms with van der Waals surface area (Å²) in [6.45, 7) is 0. The monoisotopic (exact) mass is 162 g/mol. The Hall–Kier alpha value is -1.84. The van der Waals surface area contributed by atoms with Gasteiger partial charge in [-0.05, 0) is 18.2 Å². The van der Waals surface area contributed by atoms with Crippen molar-refractivity contribution in [3.8, 4) is 0 Å². The van der Waals surface area contributed by atoms with Crippen molar-refractivity contribution < 1.29 is 9.90 Å². The van der Waals surface area contributed by atoms with Gasteiger partial charge in [-0.1, -0.05) is 0 Å². The van der Waals surface area contributed by atoms with Crippen molar-refractivity contribution in [3.05, 3.63) is 36.2 Å². The molecule has 0 atom stereocenters. The van der Waals surface area contributed by atoms with E-state index in [1.807, 2.05) is 0 Å². The molecule has 0 fully saturated rings. The number of aromatic nitrogens is 2. The van der Waals surface area contributed by atoms with E-state index in [-0.39, 0.29) is 5.56 Å². The predicted molar refractivity (Wildman–Crippen MR) is 42.2 cm³/mol. The first-order chi connectivity index (χ1) is 5.79. The quantitative estimate of drug-likeness (QED) is 0.681. The van der Waals surface area contributed by atoms with Crippen LogP contribution < -0.4 is 0 Å². The summed E-state index contributed by atoms with van der Waals surface area (Å²) in [6, 6.07) is 4.96. The summed E-state index contributed by atoms with van der Waals surface area (Å²) < 4.78 is 1.53. The molecule has 0 aliphatic heterocycles. The molecule has 2 rings (SSSR count). The predicted octanol–water partition coefficient (Wildman–Crippen LogP) is 1.03. The van der Waals surface area contributed by atoms with Gasteiger partial charge in [-0.3, -0.25) is 0 Å². The first kappa shape index (κ1) is 6.84. The minimum absolute atomic E-state index is 0.281. The van der Waals surface area contributed by atoms with Crippen LogP contribution in [0.15, 0.2) is 30.6 Å². The summed E-state index contributed by atoms with van der Waals surface area (Å²) in [5.41, 5.74) is 0.896. The van der Waals surface area contributed by atoms with Crippen LogP contribution in [0, 0.1) is 0 Å². The molecule has 4 heteroatoms. The van der Waals surface area contributed by atoms with Crippen LogP contribution in [0.1, 0.15) is 10.4 Å². The van der Waals surface area contributed by atoms with Crippen molar-refractivity contribution >= 4 is 11.5 Å². The highest BCUT2D eigenvalue weighted by molar-refractivity contribution is 5.95. The minimum Gasteiger partial charge on any atom is -0.478 e. The van der Waals surface area contributed by atoms with Gasteiger partial charge in [0.05, 0.1) is 11.1 Å². The van der Waals surface area contributed by atoms with Gasteiger partial charge in [-0.15, -0.1) is 0 Å². The molecule has 2 heterocycles. The van der Waals surface area contributed by atoms with E-state index >= 15 is 0 Å². The lowest BCUT2D eigenvalue weighted by Gasteiger charge is -1.92. The van der Waals surface area contributed by atoms with Gasteiger partial charge in [0.1, 0.15) is 0 Å². The molecule has 0 aliphatic carbocycles. The van der Waals surface area contributed by atoms with Crippen LogP contribution in [0.3, 0.4) is 0 Å². The van der Waals surface area contributed by atoms with Gasteiger partial charge in [0.2, 0.25) is 0 Å². The highest BCUT2D eigenvalue weighted by Crippen LogP contribution is 2.09. The average Bonchev–Trinajstić information content (AvgIpc) is 2.47. The third-order valence-corrected chi connectivity index (χ3v) is 1.67. The fraction of sp³-hybridized carbons (Fsp3) is 0. The van der Waals surface area contributed by atoms with E-state index in [1.165, 1.54) is 10.6 Å². The normalized spacial score (nSPS) is 10.3. The number of hydrogen-bond acceptors (Lipinski definition) is 2. The van der Waals surface area contributed by atoms with Crippen molar-refractivity contribution in [2.75, 3.05) is 0 Å². The van der Waals surface area contributed by atoms with Gasteiger partial charge < -0.3 is 5.11 Å². The SMILES string of the molecule is O=C(O)c1ccn2ncccc12. The van der Waals surface area contributed by atoms with Crippen LogP contribution >= 0.6 is 0 Å². The van der Waals surface area contributed by atoms with Gasteiger partial charge >= 0.3 is 5.97 Å². The summed E-state index contributed by atoms with van der Waals surface area (Å²) in [5, 5.41) is 12.7. The molecule has 0 spiro atoms. The van der Waals surface area contributed by atoms with Crippen molar-refractivity contribution in [2.24, 2.45) is 0 Å². The zero-order chi connectivity index (χ0) is 8.55. The van der Waals surface area contributed by atoms with Crippen LogP contribution in [0.25, 0.3) is 5.52 Å². The van der Waals surface area contributed by atoms with E-state index in [0.29, 0.717) is 5.52 Å². The van der Waals surface area contributed by atoms with Gasteiger partial charge in [0, 0.05) is 12.4 Å². The molecular formula is C8H6N2O2. The molecule has 0 saturated heterocycles. The van der Waals surface area contributed by atoms with E-state index < -0.39 is 5.97 Å². The molecule has 0 amide bonds. The molecule has 0 saturated carbocycles. The fourth-order valence-corrected chi connectivity index (χ4v) is 1.13. The largest absolute Gasteiger partial charge is 0.478 e. The summed E-state index contributed by atoms with van der Waals surface area (Å²) in [7, 11) is 0. The molecule has 12 heavy (non-hydrogen) atoms. The third-order valence-electron chi connectivity index (χ3n) is 1.67. The van der Waals surface area contributed by atoms with Crippen LogP contribution in [-0.2, 0) is 0 Å². The Kier molecular flexibility index (Phi) is 1.33. The van der Waals surface area contributed by atoms with Gasteiger partial charge in [-0.2, -0.15) is 5.10 Å². The summed E-state index contributed by atoms with van der Waals surface area (Å²) >= 11 is 0. The van der Waals surface area contributed by atoms with Crippen LogP contribution in [0.2, 0.25) is 0 Å². The van der Waals surface area contributed by atoms with Crippen molar-refractivity contribution in [1.82, 2.24) is 9.61 Å². The van der Waals surface area contributed by atoms with Crippen molar-refractivity contribution in [3.63, 3.8) is 0 Å². The maximum Gasteiger partial charge on any atom is 0.337 e. The molecule has 0 unspecified atom stereocenters. The number of carboxylic acid groups (broad SMARTS) is 1. The van der Waals surface area contributed by atoms with E-state index in [1.54, 1.807) is 24.5 Å². The molecule has 60 valence electrons. The summed E-state index contributed by atoms with van der Waals surface area (Å²) in [6.07, 6.45) is 3.23. The fourth-order valence-electron chi connectivity index (χ4n) is 1.13. The highest BCUT2D eigenvalue weighted by atomic mass is 16.4. The standard InChI is InChI=1S/C8H6N2O2/c11-8(12)6-3-5-10-7(6)2-1-4-9-10/h1-5H,(H,11,12). The Morgan fingerprint density at radius 3 is 3.08 bits per heavy atom. The summed E-state index contributed by atoms with van der Waals surface area (Å²) in [4.78, 5) is 10.6. The van der Waals surface area contributed by atoms with E-state index in [9.17, 15) is 4.79 Å². The Balaban J connectivity index is 2.79. The number of carbonyl (C=O) groups is 1. The molecule has 0 radical (unpaired) electrons. The molecule has 1 N–H and O–H groups in total. The smallest absolute Gasteiger partial charge is 0.337 e. The molecular weight excluding hydrogens is 156 g/mol. The summed E-state index contributed by atoms with van der Waals surface area (Å²) in [5.74, 6) is -0.925. The maximum absolute atomic E-state index is 10.6. The Morgan fingerprint density at radius 2 is 2.33 bits per heavy atom. The van der Waals surface area contributed by atoms with E-state index in [0.717, 1.165) is 0 Å². The van der Waals surface area contributed by atoms with Crippen LogP contribution in [-0.4, -0.2) is 20.7 Å². The number of hydrogen-bond donors (Lipinski definition) is 1. The van der Waals surface area contributed by atoms with Crippen LogP contribution in [0.4, 0.5) is 0 Å². The first-order valence-electron chi connectivity index (χ1n) is 3.45. The molecule has 0 aliphatic rings. The second-order valence-corrected chi connectivity index (χ2v) is 2.39. The first-order valence-corrected chi connectivity index (χ1v) is 3.45. The number of fused-ring (bicyclic) bond motifs is 1. The average molecular weight is 162 g/mol. The van der Waals surface area contributed by atoms with E-state index in [2.05, 4.69) is 5.10 Å². The molecule has 4 nitrogen and oxygen atoms in total. The maximum atomic E-state index is 10.6. The van der Waals surface area contributed by atoms with Gasteiger partial charge in [-0.25, -0.2) is 9.31 Å². The Morgan fingerprint density at radius 1 is 1.50 bits per heavy atom. The second kappa shape index (κ2) is 2.34. The Bertz CT molecular complexity index is 433. The van der Waals surface area contributed by atoms with Crippen LogP contribution in [0.5, 0.6) is 0 Å². The number of rotatable bonds is 1. The molecule has 2 aromatic heterocycles. The number of aromatic carboxylic acids is 1. The van der Waals surface area contributed by atoms with Crippen molar-refractivity contribution in [2.45, 2.75) is 0 Å². The highest BCUT2D eigenvalue weighted by Gasteiger charge is 2.08. The minimum atomic E-state index is -0.925. The lowest BCUT2D eigenvalue weighted by molar-refractivity contribution is 0.0699. The van der Waals surface area contributed by atoms with Crippen molar-refractivity contribution in [1.29, 1.82) is 0 Å². The van der Waals surface area contributed by atoms with Gasteiger partial charge in [0.25, 0.3) is 0 Å². The lowest BCUT2D eigenvalue weighted by atomic mass is 10.3. The van der Waals surface area contributed by atoms with E-state index in [4.69, 9.17) is 5.11 Å². The molecule has 0 bridgehead atoms. The third kappa shape index (κ3) is 0.852. The number of nitrogens with zero attached hydrogens (tertiary/aromatic N) is 2. The lowest BCUT2D eigenvalue weighted by Crippen LogP contribution is -1.95. The van der Waals surface area contributed by atoms with Gasteiger partial charge in [0.15, 0.2) is 0 Å². The zero-order valence-corrected chi connectivity index (χ0v) is 6.14. The Labute approximate surface area is 68.1 Å². The molecule has 0 aromatic carbocycles. The molecule has 2 aromatic rings. The number of carboxylic acids is 1. The second-order valence-electron chi connectivity index (χ2n) is 2.39.